The number of carbonyl (C=O) groups excluding carboxylic acids is 1. The van der Waals surface area contributed by atoms with Crippen LogP contribution in [0.25, 0.3) is 0 Å². The van der Waals surface area contributed by atoms with E-state index in [1.165, 1.54) is 0 Å². The highest BCUT2D eigenvalue weighted by Gasteiger charge is 2.19. The van der Waals surface area contributed by atoms with Crippen molar-refractivity contribution in [2.45, 2.75) is 33.1 Å². The number of carbonyl (C=O) groups is 1. The van der Waals surface area contributed by atoms with Gasteiger partial charge < -0.3 is 4.42 Å². The van der Waals surface area contributed by atoms with Crippen molar-refractivity contribution in [2.75, 3.05) is 0 Å². The highest BCUT2D eigenvalue weighted by molar-refractivity contribution is 5.98. The van der Waals surface area contributed by atoms with Crippen LogP contribution in [0.15, 0.2) is 34.0 Å². The van der Waals surface area contributed by atoms with Gasteiger partial charge in [0.1, 0.15) is 11.5 Å². The molecule has 0 spiro atoms. The summed E-state index contributed by atoms with van der Waals surface area (Å²) in [6, 6.07) is 5.27. The van der Waals surface area contributed by atoms with Gasteiger partial charge in [-0.25, -0.2) is 5.43 Å². The Labute approximate surface area is 117 Å². The summed E-state index contributed by atoms with van der Waals surface area (Å²) in [5.74, 6) is 0.255. The summed E-state index contributed by atoms with van der Waals surface area (Å²) >= 11 is 0. The number of rotatable bonds is 3. The smallest absolute Gasteiger partial charge is 0.291 e. The van der Waals surface area contributed by atoms with Gasteiger partial charge in [0.15, 0.2) is 5.69 Å². The summed E-state index contributed by atoms with van der Waals surface area (Å²) < 4.78 is 5.18. The molecule has 20 heavy (non-hydrogen) atoms. The molecule has 0 aliphatic rings. The molecule has 6 heteroatoms. The summed E-state index contributed by atoms with van der Waals surface area (Å²) in [7, 11) is 0. The molecule has 0 aliphatic heterocycles. The Morgan fingerprint density at radius 3 is 2.75 bits per heavy atom. The summed E-state index contributed by atoms with van der Waals surface area (Å²) in [6.07, 6.45) is 1.56. The Morgan fingerprint density at radius 1 is 1.45 bits per heavy atom. The zero-order chi connectivity index (χ0) is 14.8. The first-order valence-electron chi connectivity index (χ1n) is 6.32. The number of H-pyrrole nitrogens is 1. The lowest BCUT2D eigenvalue weighted by molar-refractivity contribution is 0.0950. The van der Waals surface area contributed by atoms with Crippen LogP contribution < -0.4 is 5.43 Å². The first kappa shape index (κ1) is 14.0. The molecule has 0 aliphatic carbocycles. The van der Waals surface area contributed by atoms with Gasteiger partial charge in [-0.05, 0) is 25.1 Å². The van der Waals surface area contributed by atoms with Crippen molar-refractivity contribution < 1.29 is 9.21 Å². The van der Waals surface area contributed by atoms with Crippen LogP contribution in [-0.2, 0) is 5.41 Å². The van der Waals surface area contributed by atoms with Gasteiger partial charge in [-0.2, -0.15) is 10.2 Å². The minimum absolute atomic E-state index is 0.0844. The number of aromatic nitrogens is 2. The number of aromatic amines is 1. The third kappa shape index (κ3) is 3.14. The fourth-order valence-electron chi connectivity index (χ4n) is 1.55. The number of hydrazone groups is 1. The Bertz CT molecular complexity index is 618. The van der Waals surface area contributed by atoms with Crippen molar-refractivity contribution in [1.82, 2.24) is 15.6 Å². The second-order valence-corrected chi connectivity index (χ2v) is 5.53. The summed E-state index contributed by atoms with van der Waals surface area (Å²) in [5.41, 5.74) is 4.18. The fraction of sp³-hybridized carbons (Fsp3) is 0.357. The largest absolute Gasteiger partial charge is 0.463 e. The average Bonchev–Trinajstić information content (AvgIpc) is 3.04. The van der Waals surface area contributed by atoms with E-state index in [9.17, 15) is 4.79 Å². The molecule has 0 saturated heterocycles. The molecule has 0 fully saturated rings. The van der Waals surface area contributed by atoms with Crippen LogP contribution in [-0.4, -0.2) is 21.8 Å². The van der Waals surface area contributed by atoms with Crippen molar-refractivity contribution >= 4 is 11.6 Å². The molecule has 2 N–H and O–H groups in total. The first-order chi connectivity index (χ1) is 9.38. The van der Waals surface area contributed by atoms with E-state index in [1.54, 1.807) is 31.4 Å². The van der Waals surface area contributed by atoms with Gasteiger partial charge in [0.25, 0.3) is 5.91 Å². The van der Waals surface area contributed by atoms with E-state index in [0.29, 0.717) is 17.2 Å². The van der Waals surface area contributed by atoms with E-state index in [0.717, 1.165) is 5.69 Å². The normalized spacial score (nSPS) is 12.5. The summed E-state index contributed by atoms with van der Waals surface area (Å²) in [4.78, 5) is 11.9. The number of nitrogens with one attached hydrogen (secondary N) is 2. The van der Waals surface area contributed by atoms with Crippen LogP contribution >= 0.6 is 0 Å². The molecular formula is C14H18N4O2. The van der Waals surface area contributed by atoms with E-state index in [1.807, 2.05) is 20.8 Å². The molecule has 0 aromatic carbocycles. The Balaban J connectivity index is 2.06. The Hall–Kier alpha value is -2.37. The van der Waals surface area contributed by atoms with Crippen molar-refractivity contribution in [3.05, 3.63) is 41.6 Å². The molecule has 106 valence electrons. The minimum atomic E-state index is -0.359. The van der Waals surface area contributed by atoms with Crippen LogP contribution in [0.1, 0.15) is 49.6 Å². The van der Waals surface area contributed by atoms with Gasteiger partial charge in [-0.15, -0.1) is 0 Å². The van der Waals surface area contributed by atoms with Gasteiger partial charge in [-0.1, -0.05) is 20.8 Å². The maximum atomic E-state index is 11.9. The first-order valence-corrected chi connectivity index (χ1v) is 6.32. The van der Waals surface area contributed by atoms with E-state index in [2.05, 4.69) is 20.7 Å². The standard InChI is InChI=1S/C14H18N4O2/c1-9(11-6-5-7-20-11)15-18-13(19)10-8-12(17-16-10)14(2,3)4/h5-8H,1-4H3,(H,16,17)(H,18,19). The monoisotopic (exact) mass is 274 g/mol. The van der Waals surface area contributed by atoms with Gasteiger partial charge in [0.2, 0.25) is 0 Å². The molecule has 2 aromatic heterocycles. The molecule has 0 atom stereocenters. The molecule has 0 unspecified atom stereocenters. The molecule has 2 rings (SSSR count). The summed E-state index contributed by atoms with van der Waals surface area (Å²) in [6.45, 7) is 7.88. The highest BCUT2D eigenvalue weighted by Crippen LogP contribution is 2.20. The predicted octanol–water partition coefficient (Wildman–Crippen LogP) is 2.45. The zero-order valence-electron chi connectivity index (χ0n) is 12.0. The number of hydrogen-bond acceptors (Lipinski definition) is 4. The quantitative estimate of drug-likeness (QED) is 0.666. The zero-order valence-corrected chi connectivity index (χ0v) is 12.0. The lowest BCUT2D eigenvalue weighted by Crippen LogP contribution is -2.19. The molecule has 0 radical (unpaired) electrons. The third-order valence-corrected chi connectivity index (χ3v) is 2.82. The molecule has 0 bridgehead atoms. The maximum absolute atomic E-state index is 11.9. The lowest BCUT2D eigenvalue weighted by Gasteiger charge is -2.14. The van der Waals surface area contributed by atoms with Crippen molar-refractivity contribution in [2.24, 2.45) is 5.10 Å². The number of hydrogen-bond donors (Lipinski definition) is 2. The summed E-state index contributed by atoms with van der Waals surface area (Å²) in [5, 5.41) is 10.8. The molecule has 2 heterocycles. The van der Waals surface area contributed by atoms with E-state index >= 15 is 0 Å². The topological polar surface area (TPSA) is 83.3 Å². The average molecular weight is 274 g/mol. The lowest BCUT2D eigenvalue weighted by atomic mass is 9.92. The second kappa shape index (κ2) is 5.32. The van der Waals surface area contributed by atoms with Crippen molar-refractivity contribution in [1.29, 1.82) is 0 Å². The predicted molar refractivity (Wildman–Crippen MR) is 75.7 cm³/mol. The number of nitrogens with zero attached hydrogens (tertiary/aromatic N) is 2. The van der Waals surface area contributed by atoms with Crippen LogP contribution in [0.5, 0.6) is 0 Å². The van der Waals surface area contributed by atoms with Gasteiger partial charge in [0, 0.05) is 11.1 Å². The van der Waals surface area contributed by atoms with E-state index < -0.39 is 0 Å². The Kier molecular flexibility index (Phi) is 3.74. The van der Waals surface area contributed by atoms with Gasteiger partial charge >= 0.3 is 0 Å². The van der Waals surface area contributed by atoms with E-state index in [-0.39, 0.29) is 11.3 Å². The van der Waals surface area contributed by atoms with Crippen molar-refractivity contribution in [3.8, 4) is 0 Å². The van der Waals surface area contributed by atoms with Crippen LogP contribution in [0.4, 0.5) is 0 Å². The molecule has 1 amide bonds. The Morgan fingerprint density at radius 2 is 2.20 bits per heavy atom. The van der Waals surface area contributed by atoms with Gasteiger partial charge in [-0.3, -0.25) is 9.89 Å². The van der Waals surface area contributed by atoms with E-state index in [4.69, 9.17) is 4.42 Å². The number of furan rings is 1. The SMILES string of the molecule is CC(=NNC(=O)c1cc(C(C)(C)C)[nH]n1)c1ccco1. The van der Waals surface area contributed by atoms with Crippen LogP contribution in [0.2, 0.25) is 0 Å². The second-order valence-electron chi connectivity index (χ2n) is 5.53. The maximum Gasteiger partial charge on any atom is 0.291 e. The van der Waals surface area contributed by atoms with Crippen molar-refractivity contribution in [3.63, 3.8) is 0 Å². The minimum Gasteiger partial charge on any atom is -0.463 e. The third-order valence-electron chi connectivity index (χ3n) is 2.82. The highest BCUT2D eigenvalue weighted by atomic mass is 16.3. The van der Waals surface area contributed by atoms with Gasteiger partial charge in [0.05, 0.1) is 6.26 Å². The fourth-order valence-corrected chi connectivity index (χ4v) is 1.55. The van der Waals surface area contributed by atoms with Crippen LogP contribution in [0, 0.1) is 0 Å². The number of amides is 1. The van der Waals surface area contributed by atoms with Crippen LogP contribution in [0.3, 0.4) is 0 Å². The molecule has 6 nitrogen and oxygen atoms in total. The molecule has 0 saturated carbocycles. The molecule has 2 aromatic rings. The molecular weight excluding hydrogens is 256 g/mol.